The third kappa shape index (κ3) is 5.96. The molecule has 0 bridgehead atoms. The van der Waals surface area contributed by atoms with Gasteiger partial charge in [-0.1, -0.05) is 42.5 Å². The summed E-state index contributed by atoms with van der Waals surface area (Å²) in [7, 11) is 1.60. The number of carbonyl (C=O) groups is 2. The molecule has 0 fully saturated rings. The lowest BCUT2D eigenvalue weighted by Crippen LogP contribution is -2.35. The summed E-state index contributed by atoms with van der Waals surface area (Å²) in [5.41, 5.74) is 1.89. The maximum atomic E-state index is 11.7. The molecular formula is C19H20N2O3. The third-order valence-corrected chi connectivity index (χ3v) is 3.30. The van der Waals surface area contributed by atoms with Gasteiger partial charge in [0.05, 0.1) is 13.7 Å². The predicted octanol–water partition coefficient (Wildman–Crippen LogP) is 2.14. The molecule has 0 unspecified atom stereocenters. The van der Waals surface area contributed by atoms with Crippen molar-refractivity contribution in [1.29, 1.82) is 0 Å². The predicted molar refractivity (Wildman–Crippen MR) is 93.3 cm³/mol. The average Bonchev–Trinajstić information content (AvgIpc) is 2.64. The number of carbonyl (C=O) groups excluding carboxylic acids is 2. The third-order valence-electron chi connectivity index (χ3n) is 3.30. The summed E-state index contributed by atoms with van der Waals surface area (Å²) < 4.78 is 5.07. The van der Waals surface area contributed by atoms with E-state index in [-0.39, 0.29) is 18.4 Å². The van der Waals surface area contributed by atoms with Gasteiger partial charge in [0.2, 0.25) is 11.8 Å². The normalized spacial score (nSPS) is 10.4. The van der Waals surface area contributed by atoms with Gasteiger partial charge >= 0.3 is 0 Å². The van der Waals surface area contributed by atoms with Crippen LogP contribution in [-0.4, -0.2) is 25.5 Å². The van der Waals surface area contributed by atoms with Crippen LogP contribution in [0.15, 0.2) is 60.7 Å². The summed E-state index contributed by atoms with van der Waals surface area (Å²) in [5.74, 6) is 0.216. The minimum absolute atomic E-state index is 0.0614. The van der Waals surface area contributed by atoms with Crippen molar-refractivity contribution < 1.29 is 14.3 Å². The number of methoxy groups -OCH3 is 1. The van der Waals surface area contributed by atoms with Crippen LogP contribution in [0.2, 0.25) is 0 Å². The van der Waals surface area contributed by atoms with Gasteiger partial charge in [-0.2, -0.15) is 0 Å². The lowest BCUT2D eigenvalue weighted by atomic mass is 10.2. The fourth-order valence-corrected chi connectivity index (χ4v) is 1.97. The lowest BCUT2D eigenvalue weighted by Gasteiger charge is -2.06. The molecule has 2 aromatic carbocycles. The topological polar surface area (TPSA) is 67.4 Å². The smallest absolute Gasteiger partial charge is 0.244 e. The first kappa shape index (κ1) is 17.3. The van der Waals surface area contributed by atoms with E-state index in [2.05, 4.69) is 10.6 Å². The van der Waals surface area contributed by atoms with Crippen LogP contribution in [-0.2, 0) is 16.1 Å². The Bertz CT molecular complexity index is 694. The van der Waals surface area contributed by atoms with Gasteiger partial charge in [0.25, 0.3) is 0 Å². The summed E-state index contributed by atoms with van der Waals surface area (Å²) in [6, 6.07) is 16.9. The van der Waals surface area contributed by atoms with Gasteiger partial charge in [-0.15, -0.1) is 0 Å². The van der Waals surface area contributed by atoms with Gasteiger partial charge in [0.15, 0.2) is 0 Å². The largest absolute Gasteiger partial charge is 0.497 e. The number of hydrogen-bond acceptors (Lipinski definition) is 3. The summed E-state index contributed by atoms with van der Waals surface area (Å²) in [4.78, 5) is 23.4. The van der Waals surface area contributed by atoms with E-state index in [1.165, 1.54) is 6.08 Å². The number of benzene rings is 2. The Kier molecular flexibility index (Phi) is 6.58. The van der Waals surface area contributed by atoms with Crippen molar-refractivity contribution in [3.8, 4) is 5.75 Å². The number of rotatable bonds is 7. The Morgan fingerprint density at radius 2 is 1.71 bits per heavy atom. The van der Waals surface area contributed by atoms with Crippen molar-refractivity contribution in [2.24, 2.45) is 0 Å². The maximum absolute atomic E-state index is 11.7. The van der Waals surface area contributed by atoms with Gasteiger partial charge in [-0.3, -0.25) is 9.59 Å². The molecular weight excluding hydrogens is 304 g/mol. The zero-order valence-electron chi connectivity index (χ0n) is 13.5. The van der Waals surface area contributed by atoms with Crippen molar-refractivity contribution in [3.63, 3.8) is 0 Å². The Labute approximate surface area is 141 Å². The Hall–Kier alpha value is -3.08. The molecule has 0 aliphatic rings. The van der Waals surface area contributed by atoms with Gasteiger partial charge < -0.3 is 15.4 Å². The zero-order chi connectivity index (χ0) is 17.2. The molecule has 2 rings (SSSR count). The van der Waals surface area contributed by atoms with Crippen LogP contribution in [0.5, 0.6) is 5.75 Å². The van der Waals surface area contributed by atoms with Crippen LogP contribution in [0.25, 0.3) is 6.08 Å². The Morgan fingerprint density at radius 1 is 1.00 bits per heavy atom. The lowest BCUT2D eigenvalue weighted by molar-refractivity contribution is -0.124. The van der Waals surface area contributed by atoms with E-state index in [9.17, 15) is 9.59 Å². The molecule has 2 aromatic rings. The van der Waals surface area contributed by atoms with E-state index >= 15 is 0 Å². The molecule has 0 saturated heterocycles. The zero-order valence-corrected chi connectivity index (χ0v) is 13.5. The molecule has 0 aliphatic carbocycles. The first-order chi connectivity index (χ1) is 11.7. The van der Waals surface area contributed by atoms with Crippen LogP contribution in [0, 0.1) is 0 Å². The molecule has 0 aliphatic heterocycles. The summed E-state index contributed by atoms with van der Waals surface area (Å²) in [5, 5.41) is 5.30. The first-order valence-corrected chi connectivity index (χ1v) is 7.58. The number of hydrogen-bond donors (Lipinski definition) is 2. The fourth-order valence-electron chi connectivity index (χ4n) is 1.97. The monoisotopic (exact) mass is 324 g/mol. The molecule has 5 heteroatoms. The van der Waals surface area contributed by atoms with E-state index in [1.54, 1.807) is 13.2 Å². The molecule has 5 nitrogen and oxygen atoms in total. The average molecular weight is 324 g/mol. The summed E-state index contributed by atoms with van der Waals surface area (Å²) in [6.45, 7) is 0.340. The summed E-state index contributed by atoms with van der Waals surface area (Å²) >= 11 is 0. The van der Waals surface area contributed by atoms with E-state index < -0.39 is 0 Å². The van der Waals surface area contributed by atoms with Crippen LogP contribution in [0.4, 0.5) is 0 Å². The Morgan fingerprint density at radius 3 is 2.38 bits per heavy atom. The highest BCUT2D eigenvalue weighted by Gasteiger charge is 2.03. The molecule has 0 aromatic heterocycles. The molecule has 0 atom stereocenters. The SMILES string of the molecule is COc1ccc(CNC(=O)CNC(=O)/C=C/c2ccccc2)cc1. The molecule has 2 amide bonds. The highest BCUT2D eigenvalue weighted by molar-refractivity contribution is 5.94. The van der Waals surface area contributed by atoms with E-state index in [1.807, 2.05) is 54.6 Å². The minimum atomic E-state index is -0.307. The van der Waals surface area contributed by atoms with Crippen LogP contribution in [0.1, 0.15) is 11.1 Å². The van der Waals surface area contributed by atoms with E-state index in [4.69, 9.17) is 4.74 Å². The molecule has 0 heterocycles. The van der Waals surface area contributed by atoms with Crippen molar-refractivity contribution >= 4 is 17.9 Å². The van der Waals surface area contributed by atoms with Crippen LogP contribution in [0.3, 0.4) is 0 Å². The molecule has 0 saturated carbocycles. The van der Waals surface area contributed by atoms with Gasteiger partial charge in [-0.25, -0.2) is 0 Å². The van der Waals surface area contributed by atoms with Gasteiger partial charge in [-0.05, 0) is 29.3 Å². The molecule has 0 radical (unpaired) electrons. The number of nitrogens with one attached hydrogen (secondary N) is 2. The van der Waals surface area contributed by atoms with Gasteiger partial charge in [0, 0.05) is 12.6 Å². The molecule has 0 spiro atoms. The first-order valence-electron chi connectivity index (χ1n) is 7.58. The van der Waals surface area contributed by atoms with E-state index in [0.717, 1.165) is 16.9 Å². The fraction of sp³-hybridized carbons (Fsp3) is 0.158. The minimum Gasteiger partial charge on any atom is -0.497 e. The molecule has 24 heavy (non-hydrogen) atoms. The number of ether oxygens (including phenoxy) is 1. The second kappa shape index (κ2) is 9.15. The Balaban J connectivity index is 1.70. The summed E-state index contributed by atoms with van der Waals surface area (Å²) in [6.07, 6.45) is 3.11. The van der Waals surface area contributed by atoms with Crippen molar-refractivity contribution in [1.82, 2.24) is 10.6 Å². The second-order valence-corrected chi connectivity index (χ2v) is 5.09. The van der Waals surface area contributed by atoms with Crippen molar-refractivity contribution in [2.75, 3.05) is 13.7 Å². The van der Waals surface area contributed by atoms with E-state index in [0.29, 0.717) is 6.54 Å². The highest BCUT2D eigenvalue weighted by atomic mass is 16.5. The molecule has 2 N–H and O–H groups in total. The maximum Gasteiger partial charge on any atom is 0.244 e. The van der Waals surface area contributed by atoms with Crippen LogP contribution >= 0.6 is 0 Å². The highest BCUT2D eigenvalue weighted by Crippen LogP contribution is 2.10. The van der Waals surface area contributed by atoms with Crippen LogP contribution < -0.4 is 15.4 Å². The quantitative estimate of drug-likeness (QED) is 0.767. The van der Waals surface area contributed by atoms with Gasteiger partial charge in [0.1, 0.15) is 5.75 Å². The van der Waals surface area contributed by atoms with Crippen molar-refractivity contribution in [2.45, 2.75) is 6.54 Å². The number of amides is 2. The van der Waals surface area contributed by atoms with Crippen molar-refractivity contribution in [3.05, 3.63) is 71.8 Å². The second-order valence-electron chi connectivity index (χ2n) is 5.09. The molecule has 124 valence electrons. The standard InChI is InChI=1S/C19H20N2O3/c1-24-17-10-7-16(8-11-17)13-20-19(23)14-21-18(22)12-9-15-5-3-2-4-6-15/h2-12H,13-14H2,1H3,(H,20,23)(H,21,22)/b12-9+.